The van der Waals surface area contributed by atoms with Crippen LogP contribution in [0.1, 0.15) is 56.7 Å². The van der Waals surface area contributed by atoms with E-state index in [1.54, 1.807) is 26.8 Å². The molecule has 0 atom stereocenters. The molecule has 0 fully saturated rings. The van der Waals surface area contributed by atoms with Crippen molar-refractivity contribution >= 4 is 17.6 Å². The minimum atomic E-state index is -0.592. The highest BCUT2D eigenvalue weighted by molar-refractivity contribution is 5.73. The van der Waals surface area contributed by atoms with E-state index in [4.69, 9.17) is 9.47 Å². The molecule has 0 aliphatic carbocycles. The first-order chi connectivity index (χ1) is 16.1. The number of rotatable bonds is 7. The van der Waals surface area contributed by atoms with Crippen LogP contribution in [0.4, 0.5) is 13.6 Å². The van der Waals surface area contributed by atoms with Crippen LogP contribution in [0.15, 0.2) is 48.5 Å². The molecule has 7 heteroatoms. The van der Waals surface area contributed by atoms with E-state index < -0.39 is 23.3 Å². The summed E-state index contributed by atoms with van der Waals surface area (Å²) in [6.45, 7) is 6.22. The summed E-state index contributed by atoms with van der Waals surface area (Å²) in [7, 11) is 0. The minimum Gasteiger partial charge on any atom is -0.461 e. The summed E-state index contributed by atoms with van der Waals surface area (Å²) in [5.41, 5.74) is 1.39. The topological polar surface area (TPSA) is 55.8 Å². The van der Waals surface area contributed by atoms with Gasteiger partial charge in [0.2, 0.25) is 0 Å². The van der Waals surface area contributed by atoms with Crippen LogP contribution in [0.2, 0.25) is 0 Å². The van der Waals surface area contributed by atoms with Crippen molar-refractivity contribution in [3.63, 3.8) is 0 Å². The van der Waals surface area contributed by atoms with Gasteiger partial charge < -0.3 is 14.4 Å². The quantitative estimate of drug-likeness (QED) is 0.461. The van der Waals surface area contributed by atoms with Crippen molar-refractivity contribution in [3.8, 4) is 0 Å². The number of aryl methyl sites for hydroxylation is 1. The Balaban J connectivity index is 1.52. The number of ether oxygens (including phenoxy) is 2. The highest BCUT2D eigenvalue weighted by Gasteiger charge is 2.25. The molecule has 34 heavy (non-hydrogen) atoms. The molecule has 3 rings (SSSR count). The van der Waals surface area contributed by atoms with Crippen LogP contribution in [0.3, 0.4) is 0 Å². The molecular weight excluding hydrogens is 440 g/mol. The number of halogens is 2. The first-order valence-electron chi connectivity index (χ1n) is 11.5. The van der Waals surface area contributed by atoms with E-state index in [1.807, 2.05) is 30.3 Å². The van der Waals surface area contributed by atoms with Gasteiger partial charge >= 0.3 is 12.1 Å². The lowest BCUT2D eigenvalue weighted by molar-refractivity contribution is -0.145. The van der Waals surface area contributed by atoms with E-state index in [0.29, 0.717) is 25.0 Å². The fraction of sp³-hybridized carbons (Fsp3) is 0.407. The van der Waals surface area contributed by atoms with Gasteiger partial charge in [0.1, 0.15) is 23.8 Å². The van der Waals surface area contributed by atoms with E-state index >= 15 is 0 Å². The molecule has 0 radical (unpaired) electrons. The van der Waals surface area contributed by atoms with Crippen molar-refractivity contribution < 1.29 is 27.8 Å². The molecule has 0 bridgehead atoms. The summed E-state index contributed by atoms with van der Waals surface area (Å²) >= 11 is 0. The molecule has 182 valence electrons. The molecule has 0 aromatic heterocycles. The number of hydrogen-bond acceptors (Lipinski definition) is 4. The first kappa shape index (κ1) is 25.4. The van der Waals surface area contributed by atoms with Crippen molar-refractivity contribution in [1.82, 2.24) is 4.90 Å². The molecule has 1 amide bonds. The molecule has 5 nitrogen and oxygen atoms in total. The third-order valence-electron chi connectivity index (χ3n) is 5.41. The van der Waals surface area contributed by atoms with Crippen molar-refractivity contribution in [2.24, 2.45) is 0 Å². The summed E-state index contributed by atoms with van der Waals surface area (Å²) in [5.74, 6) is -1.40. The highest BCUT2D eigenvalue weighted by atomic mass is 19.1. The van der Waals surface area contributed by atoms with Gasteiger partial charge in [-0.15, -0.1) is 0 Å². The summed E-state index contributed by atoms with van der Waals surface area (Å²) in [6.07, 6.45) is 2.43. The number of hydrogen-bond donors (Lipinski definition) is 0. The molecule has 1 aliphatic heterocycles. The van der Waals surface area contributed by atoms with E-state index in [0.717, 1.165) is 5.56 Å². The molecule has 0 saturated carbocycles. The van der Waals surface area contributed by atoms with Crippen molar-refractivity contribution in [2.45, 2.75) is 58.7 Å². The second-order valence-corrected chi connectivity index (χ2v) is 9.33. The average Bonchev–Trinajstić information content (AvgIpc) is 2.79. The Morgan fingerprint density at radius 3 is 2.44 bits per heavy atom. The lowest BCUT2D eigenvalue weighted by Gasteiger charge is -2.29. The number of carbonyl (C=O) groups excluding carboxylic acids is 2. The number of nitrogens with zero attached hydrogens (tertiary/aromatic N) is 1. The fourth-order valence-electron chi connectivity index (χ4n) is 3.67. The predicted octanol–water partition coefficient (Wildman–Crippen LogP) is 6.06. The maximum absolute atomic E-state index is 14.8. The van der Waals surface area contributed by atoms with Gasteiger partial charge in [-0.1, -0.05) is 36.4 Å². The van der Waals surface area contributed by atoms with E-state index in [-0.39, 0.29) is 43.1 Å². The van der Waals surface area contributed by atoms with Crippen molar-refractivity contribution in [3.05, 3.63) is 76.9 Å². The van der Waals surface area contributed by atoms with E-state index in [2.05, 4.69) is 0 Å². The fourth-order valence-corrected chi connectivity index (χ4v) is 3.67. The predicted molar refractivity (Wildman–Crippen MR) is 126 cm³/mol. The Bertz CT molecular complexity index is 1040. The molecule has 0 unspecified atom stereocenters. The Labute approximate surface area is 199 Å². The third kappa shape index (κ3) is 7.40. The molecule has 1 aliphatic rings. The Kier molecular flexibility index (Phi) is 8.42. The summed E-state index contributed by atoms with van der Waals surface area (Å²) in [6, 6.07) is 11.7. The molecule has 0 saturated heterocycles. The largest absolute Gasteiger partial charge is 0.461 e. The van der Waals surface area contributed by atoms with Crippen LogP contribution >= 0.6 is 0 Å². The monoisotopic (exact) mass is 471 g/mol. The average molecular weight is 472 g/mol. The normalized spacial score (nSPS) is 13.9. The van der Waals surface area contributed by atoms with Crippen LogP contribution < -0.4 is 0 Å². The van der Waals surface area contributed by atoms with Crippen LogP contribution in [0, 0.1) is 11.6 Å². The van der Waals surface area contributed by atoms with Crippen LogP contribution in [-0.4, -0.2) is 35.7 Å². The second kappa shape index (κ2) is 11.3. The van der Waals surface area contributed by atoms with E-state index in [9.17, 15) is 18.4 Å². The zero-order valence-corrected chi connectivity index (χ0v) is 19.9. The van der Waals surface area contributed by atoms with Crippen LogP contribution in [0.25, 0.3) is 5.57 Å². The van der Waals surface area contributed by atoms with Gasteiger partial charge in [-0.05, 0) is 68.9 Å². The molecule has 0 N–H and O–H groups in total. The number of benzene rings is 2. The molecular formula is C27H31F2NO4. The van der Waals surface area contributed by atoms with Crippen LogP contribution in [0.5, 0.6) is 0 Å². The van der Waals surface area contributed by atoms with Gasteiger partial charge in [-0.3, -0.25) is 4.79 Å². The van der Waals surface area contributed by atoms with Gasteiger partial charge in [0, 0.05) is 25.1 Å². The van der Waals surface area contributed by atoms with Gasteiger partial charge in [-0.2, -0.15) is 0 Å². The van der Waals surface area contributed by atoms with Crippen molar-refractivity contribution in [1.29, 1.82) is 0 Å². The van der Waals surface area contributed by atoms with Gasteiger partial charge in [0.05, 0.1) is 0 Å². The van der Waals surface area contributed by atoms with Gasteiger partial charge in [0.25, 0.3) is 0 Å². The minimum absolute atomic E-state index is 0.126. The van der Waals surface area contributed by atoms with Gasteiger partial charge in [-0.25, -0.2) is 13.6 Å². The Morgan fingerprint density at radius 2 is 1.79 bits per heavy atom. The number of esters is 1. The zero-order valence-electron chi connectivity index (χ0n) is 19.9. The zero-order chi connectivity index (χ0) is 24.7. The maximum atomic E-state index is 14.8. The Hall–Kier alpha value is -3.22. The standard InChI is InChI=1S/C27H31F2NO4/c1-27(2,3)34-26(32)30-14-12-20(13-15-30)22-17-23(28)21(16-24(22)29)10-7-11-25(31)33-18-19-8-5-4-6-9-19/h4-6,8-9,12,16-17H,7,10-11,13-15,18H2,1-3H3. The van der Waals surface area contributed by atoms with Gasteiger partial charge in [0.15, 0.2) is 0 Å². The lowest BCUT2D eigenvalue weighted by atomic mass is 9.96. The van der Waals surface area contributed by atoms with Crippen molar-refractivity contribution in [2.75, 3.05) is 13.1 Å². The number of carbonyl (C=O) groups is 2. The first-order valence-corrected chi connectivity index (χ1v) is 11.5. The molecule has 2 aromatic rings. The molecule has 0 spiro atoms. The summed E-state index contributed by atoms with van der Waals surface area (Å²) < 4.78 is 40.0. The summed E-state index contributed by atoms with van der Waals surface area (Å²) in [4.78, 5) is 25.7. The summed E-state index contributed by atoms with van der Waals surface area (Å²) in [5, 5.41) is 0. The van der Waals surface area contributed by atoms with E-state index in [1.165, 1.54) is 17.0 Å². The maximum Gasteiger partial charge on any atom is 0.410 e. The van der Waals surface area contributed by atoms with Crippen LogP contribution in [-0.2, 0) is 27.3 Å². The third-order valence-corrected chi connectivity index (χ3v) is 5.41. The number of amides is 1. The highest BCUT2D eigenvalue weighted by Crippen LogP contribution is 2.28. The molecule has 1 heterocycles. The SMILES string of the molecule is CC(C)(C)OC(=O)N1CC=C(c2cc(F)c(CCCC(=O)OCc3ccccc3)cc2F)CC1. The molecule has 2 aromatic carbocycles. The second-order valence-electron chi connectivity index (χ2n) is 9.33. The lowest BCUT2D eigenvalue weighted by Crippen LogP contribution is -2.39. The smallest absolute Gasteiger partial charge is 0.410 e. The Morgan fingerprint density at radius 1 is 1.06 bits per heavy atom.